The molecular weight excluding hydrogens is 318 g/mol. The third-order valence-corrected chi connectivity index (χ3v) is 3.69. The molecule has 0 aliphatic rings. The molecule has 0 bridgehead atoms. The van der Waals surface area contributed by atoms with E-state index >= 15 is 0 Å². The Morgan fingerprint density at radius 3 is 3.04 bits per heavy atom. The van der Waals surface area contributed by atoms with Crippen LogP contribution in [0.5, 0.6) is 0 Å². The predicted molar refractivity (Wildman–Crippen MR) is 81.9 cm³/mol. The summed E-state index contributed by atoms with van der Waals surface area (Å²) in [6.07, 6.45) is 1.54. The summed E-state index contributed by atoms with van der Waals surface area (Å²) in [6.45, 7) is 0. The van der Waals surface area contributed by atoms with Gasteiger partial charge in [0, 0.05) is 17.0 Å². The van der Waals surface area contributed by atoms with Gasteiger partial charge in [0.15, 0.2) is 11.5 Å². The number of carbonyl (C=O) groups excluding carboxylic acids is 1. The van der Waals surface area contributed by atoms with Crippen molar-refractivity contribution in [3.05, 3.63) is 47.0 Å². The van der Waals surface area contributed by atoms with E-state index in [1.165, 1.54) is 11.3 Å². The number of thiophene rings is 1. The van der Waals surface area contributed by atoms with Crippen LogP contribution in [0.15, 0.2) is 50.1 Å². The van der Waals surface area contributed by atoms with Crippen LogP contribution in [0.3, 0.4) is 0 Å². The van der Waals surface area contributed by atoms with E-state index in [0.29, 0.717) is 17.3 Å². The van der Waals surface area contributed by atoms with Gasteiger partial charge in [-0.1, -0.05) is 5.10 Å². The molecule has 23 heavy (non-hydrogen) atoms. The number of furan rings is 1. The molecule has 9 heteroatoms. The molecule has 0 aliphatic heterocycles. The first-order chi connectivity index (χ1) is 11.3. The Morgan fingerprint density at radius 1 is 1.30 bits per heavy atom. The predicted octanol–water partition coefficient (Wildman–Crippen LogP) is 3.03. The topological polar surface area (TPSA) is 110 Å². The quantitative estimate of drug-likeness (QED) is 0.596. The third-order valence-electron chi connectivity index (χ3n) is 3.01. The molecule has 4 aromatic heterocycles. The molecule has 0 aromatic carbocycles. The fourth-order valence-electron chi connectivity index (χ4n) is 1.93. The molecule has 4 aromatic rings. The summed E-state index contributed by atoms with van der Waals surface area (Å²) < 4.78 is 10.6. The lowest BCUT2D eigenvalue weighted by atomic mass is 10.3. The van der Waals surface area contributed by atoms with Gasteiger partial charge in [-0.2, -0.15) is 16.4 Å². The second-order valence-electron chi connectivity index (χ2n) is 4.52. The number of rotatable bonds is 4. The van der Waals surface area contributed by atoms with E-state index < -0.39 is 5.91 Å². The molecule has 0 aliphatic carbocycles. The van der Waals surface area contributed by atoms with Gasteiger partial charge < -0.3 is 8.83 Å². The molecule has 0 radical (unpaired) electrons. The van der Waals surface area contributed by atoms with Gasteiger partial charge in [-0.25, -0.2) is 0 Å². The number of aromatic amines is 1. The van der Waals surface area contributed by atoms with Crippen molar-refractivity contribution in [2.45, 2.75) is 0 Å². The van der Waals surface area contributed by atoms with Crippen molar-refractivity contribution in [1.82, 2.24) is 20.4 Å². The molecule has 8 nitrogen and oxygen atoms in total. The van der Waals surface area contributed by atoms with Crippen LogP contribution in [0.4, 0.5) is 6.01 Å². The summed E-state index contributed by atoms with van der Waals surface area (Å²) in [5, 5.41) is 20.6. The zero-order valence-electron chi connectivity index (χ0n) is 11.5. The van der Waals surface area contributed by atoms with Crippen molar-refractivity contribution < 1.29 is 13.6 Å². The maximum Gasteiger partial charge on any atom is 0.322 e. The molecule has 0 fully saturated rings. The number of hydrogen-bond acceptors (Lipinski definition) is 7. The van der Waals surface area contributed by atoms with Gasteiger partial charge >= 0.3 is 6.01 Å². The van der Waals surface area contributed by atoms with Gasteiger partial charge in [-0.15, -0.1) is 5.10 Å². The van der Waals surface area contributed by atoms with Gasteiger partial charge in [0.05, 0.1) is 6.26 Å². The molecule has 4 rings (SSSR count). The average Bonchev–Trinajstić information content (AvgIpc) is 3.30. The van der Waals surface area contributed by atoms with Crippen LogP contribution in [0, 0.1) is 0 Å². The Hall–Kier alpha value is -3.20. The highest BCUT2D eigenvalue weighted by Crippen LogP contribution is 2.22. The van der Waals surface area contributed by atoms with E-state index in [2.05, 4.69) is 25.7 Å². The molecule has 0 spiro atoms. The van der Waals surface area contributed by atoms with Crippen LogP contribution in [-0.2, 0) is 0 Å². The zero-order valence-corrected chi connectivity index (χ0v) is 12.3. The molecule has 4 heterocycles. The van der Waals surface area contributed by atoms with Crippen molar-refractivity contribution in [2.24, 2.45) is 0 Å². The summed E-state index contributed by atoms with van der Waals surface area (Å²) in [5.41, 5.74) is 1.60. The standard InChI is InChI=1S/C14H9N5O3S/c20-12(10-6-9(16-17-10)11-2-1-4-21-11)15-14-19-18-13(22-14)8-3-5-23-7-8/h1-7H,(H,16,17)(H,15,19,20). The third kappa shape index (κ3) is 2.64. The first-order valence-corrected chi connectivity index (χ1v) is 7.50. The number of amides is 1. The lowest BCUT2D eigenvalue weighted by molar-refractivity contribution is 0.101. The van der Waals surface area contributed by atoms with E-state index in [-0.39, 0.29) is 11.7 Å². The van der Waals surface area contributed by atoms with Crippen molar-refractivity contribution in [1.29, 1.82) is 0 Å². The van der Waals surface area contributed by atoms with Gasteiger partial charge in [-0.05, 0) is 23.6 Å². The second kappa shape index (κ2) is 5.54. The van der Waals surface area contributed by atoms with Crippen molar-refractivity contribution in [2.75, 3.05) is 5.32 Å². The maximum absolute atomic E-state index is 12.1. The van der Waals surface area contributed by atoms with Crippen LogP contribution in [0.25, 0.3) is 22.9 Å². The first kappa shape index (κ1) is 13.5. The van der Waals surface area contributed by atoms with Gasteiger partial charge in [0.1, 0.15) is 5.69 Å². The summed E-state index contributed by atoms with van der Waals surface area (Å²) in [4.78, 5) is 12.1. The summed E-state index contributed by atoms with van der Waals surface area (Å²) >= 11 is 1.52. The summed E-state index contributed by atoms with van der Waals surface area (Å²) in [7, 11) is 0. The average molecular weight is 327 g/mol. The van der Waals surface area contributed by atoms with Gasteiger partial charge in [0.25, 0.3) is 11.8 Å². The number of aromatic nitrogens is 4. The fraction of sp³-hybridized carbons (Fsp3) is 0. The number of anilines is 1. The molecule has 0 unspecified atom stereocenters. The normalized spacial score (nSPS) is 10.8. The lowest BCUT2D eigenvalue weighted by Gasteiger charge is -1.95. The summed E-state index contributed by atoms with van der Waals surface area (Å²) in [6, 6.07) is 6.96. The highest BCUT2D eigenvalue weighted by Gasteiger charge is 2.16. The molecule has 114 valence electrons. The van der Waals surface area contributed by atoms with Crippen molar-refractivity contribution in [3.8, 4) is 22.9 Å². The van der Waals surface area contributed by atoms with Crippen LogP contribution in [0.2, 0.25) is 0 Å². The van der Waals surface area contributed by atoms with E-state index in [4.69, 9.17) is 8.83 Å². The summed E-state index contributed by atoms with van der Waals surface area (Å²) in [5.74, 6) is 0.480. The number of nitrogens with zero attached hydrogens (tertiary/aromatic N) is 3. The second-order valence-corrected chi connectivity index (χ2v) is 5.30. The fourth-order valence-corrected chi connectivity index (χ4v) is 2.56. The minimum Gasteiger partial charge on any atom is -0.463 e. The number of nitrogens with one attached hydrogen (secondary N) is 2. The van der Waals surface area contributed by atoms with Gasteiger partial charge in [0.2, 0.25) is 0 Å². The number of carbonyl (C=O) groups is 1. The molecule has 2 N–H and O–H groups in total. The van der Waals surface area contributed by atoms with E-state index in [0.717, 1.165) is 5.56 Å². The molecule has 0 saturated heterocycles. The Balaban J connectivity index is 1.50. The molecule has 1 amide bonds. The van der Waals surface area contributed by atoms with E-state index in [1.54, 1.807) is 24.5 Å². The molecular formula is C14H9N5O3S. The van der Waals surface area contributed by atoms with Gasteiger partial charge in [-0.3, -0.25) is 15.2 Å². The largest absolute Gasteiger partial charge is 0.463 e. The maximum atomic E-state index is 12.1. The first-order valence-electron chi connectivity index (χ1n) is 6.56. The highest BCUT2D eigenvalue weighted by molar-refractivity contribution is 7.08. The monoisotopic (exact) mass is 327 g/mol. The Labute approximate surface area is 133 Å². The van der Waals surface area contributed by atoms with Crippen molar-refractivity contribution >= 4 is 23.3 Å². The Kier molecular flexibility index (Phi) is 3.24. The Bertz CT molecular complexity index is 924. The minimum absolute atomic E-state index is 0.0127. The van der Waals surface area contributed by atoms with E-state index in [1.807, 2.05) is 16.8 Å². The zero-order chi connectivity index (χ0) is 15.6. The Morgan fingerprint density at radius 2 is 2.26 bits per heavy atom. The molecule has 0 saturated carbocycles. The number of H-pyrrole nitrogens is 1. The lowest BCUT2D eigenvalue weighted by Crippen LogP contribution is -2.12. The van der Waals surface area contributed by atoms with Crippen LogP contribution in [-0.4, -0.2) is 26.3 Å². The highest BCUT2D eigenvalue weighted by atomic mass is 32.1. The van der Waals surface area contributed by atoms with Crippen LogP contribution < -0.4 is 5.32 Å². The van der Waals surface area contributed by atoms with Crippen molar-refractivity contribution in [3.63, 3.8) is 0 Å². The van der Waals surface area contributed by atoms with Crippen LogP contribution >= 0.6 is 11.3 Å². The SMILES string of the molecule is O=C(Nc1nnc(-c2ccsc2)o1)c1cc(-c2ccco2)[nH]n1. The number of hydrogen-bond donors (Lipinski definition) is 2. The minimum atomic E-state index is -0.459. The van der Waals surface area contributed by atoms with Crippen LogP contribution in [0.1, 0.15) is 10.5 Å². The van der Waals surface area contributed by atoms with E-state index in [9.17, 15) is 4.79 Å². The molecule has 0 atom stereocenters. The smallest absolute Gasteiger partial charge is 0.322 e.